The maximum absolute atomic E-state index is 5.83. The third-order valence-electron chi connectivity index (χ3n) is 3.23. The molecule has 0 aliphatic heterocycles. The molecule has 0 aromatic heterocycles. The second-order valence-corrected chi connectivity index (χ2v) is 7.48. The number of hydrogen-bond donors (Lipinski definition) is 0. The molecule has 0 radical (unpaired) electrons. The van der Waals surface area contributed by atoms with Crippen molar-refractivity contribution in [2.75, 3.05) is 19.8 Å². The molecule has 0 bridgehead atoms. The van der Waals surface area contributed by atoms with Crippen LogP contribution in [0.1, 0.15) is 47.0 Å². The van der Waals surface area contributed by atoms with Crippen molar-refractivity contribution < 1.29 is 13.3 Å². The summed E-state index contributed by atoms with van der Waals surface area (Å²) in [6.45, 7) is 10.2. The van der Waals surface area contributed by atoms with Crippen molar-refractivity contribution in [3.63, 3.8) is 0 Å². The summed E-state index contributed by atoms with van der Waals surface area (Å²) in [5.74, 6) is 0.854. The lowest BCUT2D eigenvalue weighted by molar-refractivity contribution is 0.0716. The Bertz CT molecular complexity index is 245. The van der Waals surface area contributed by atoms with E-state index in [1.54, 1.807) is 0 Å². The number of hydrogen-bond acceptors (Lipinski definition) is 3. The molecule has 0 spiro atoms. The summed E-state index contributed by atoms with van der Waals surface area (Å²) in [6, 6.07) is 0.895. The van der Waals surface area contributed by atoms with Crippen LogP contribution >= 0.6 is 0 Å². The van der Waals surface area contributed by atoms with Gasteiger partial charge in [0.1, 0.15) is 0 Å². The van der Waals surface area contributed by atoms with Crippen molar-refractivity contribution in [3.8, 4) is 0 Å². The van der Waals surface area contributed by atoms with Gasteiger partial charge < -0.3 is 13.3 Å². The topological polar surface area (TPSA) is 27.7 Å². The molecule has 0 aromatic rings. The van der Waals surface area contributed by atoms with Gasteiger partial charge in [-0.05, 0) is 52.9 Å². The Morgan fingerprint density at radius 2 is 1.56 bits per heavy atom. The first-order valence-electron chi connectivity index (χ1n) is 7.26. The Hall–Kier alpha value is -0.163. The van der Waals surface area contributed by atoms with Crippen molar-refractivity contribution in [2.45, 2.75) is 53.0 Å². The lowest BCUT2D eigenvalue weighted by Crippen LogP contribution is -2.45. The second kappa shape index (κ2) is 8.10. The normalized spacial score (nSPS) is 17.2. The van der Waals surface area contributed by atoms with Gasteiger partial charge in [0.25, 0.3) is 0 Å². The predicted octanol–water partition coefficient (Wildman–Crippen LogP) is 3.78. The highest BCUT2D eigenvalue weighted by atomic mass is 28.4. The zero-order valence-corrected chi connectivity index (χ0v) is 13.3. The third kappa shape index (κ3) is 5.22. The predicted molar refractivity (Wildman–Crippen MR) is 76.5 cm³/mol. The summed E-state index contributed by atoms with van der Waals surface area (Å²) in [4.78, 5) is 0. The van der Waals surface area contributed by atoms with Gasteiger partial charge in [0.2, 0.25) is 0 Å². The fourth-order valence-electron chi connectivity index (χ4n) is 2.18. The van der Waals surface area contributed by atoms with Crippen molar-refractivity contribution >= 4 is 8.80 Å². The van der Waals surface area contributed by atoms with E-state index in [4.69, 9.17) is 13.3 Å². The van der Waals surface area contributed by atoms with Gasteiger partial charge in [-0.3, -0.25) is 0 Å². The quantitative estimate of drug-likeness (QED) is 0.447. The van der Waals surface area contributed by atoms with E-state index in [1.807, 2.05) is 20.8 Å². The molecular weight excluding hydrogens is 244 g/mol. The van der Waals surface area contributed by atoms with Crippen LogP contribution < -0.4 is 0 Å². The minimum Gasteiger partial charge on any atom is -0.374 e. The molecule has 0 unspecified atom stereocenters. The van der Waals surface area contributed by atoms with Crippen LogP contribution in [0.2, 0.25) is 6.04 Å². The molecule has 1 fully saturated rings. The van der Waals surface area contributed by atoms with Gasteiger partial charge in [-0.25, -0.2) is 0 Å². The molecule has 1 rings (SSSR count). The van der Waals surface area contributed by atoms with E-state index in [1.165, 1.54) is 18.4 Å². The molecular formula is C14H28O3Si. The van der Waals surface area contributed by atoms with Gasteiger partial charge in [-0.1, -0.05) is 11.6 Å². The smallest absolute Gasteiger partial charge is 0.374 e. The summed E-state index contributed by atoms with van der Waals surface area (Å²) in [5, 5.41) is 0. The average Bonchev–Trinajstić information content (AvgIpc) is 3.13. The first-order valence-corrected chi connectivity index (χ1v) is 9.19. The molecule has 0 aromatic carbocycles. The minimum absolute atomic E-state index is 0.664. The van der Waals surface area contributed by atoms with E-state index < -0.39 is 8.80 Å². The van der Waals surface area contributed by atoms with Crippen molar-refractivity contribution in [2.24, 2.45) is 5.92 Å². The second-order valence-electron chi connectivity index (χ2n) is 4.74. The highest BCUT2D eigenvalue weighted by Gasteiger charge is 2.39. The maximum atomic E-state index is 5.83. The van der Waals surface area contributed by atoms with Gasteiger partial charge in [0.15, 0.2) is 0 Å². The van der Waals surface area contributed by atoms with Gasteiger partial charge in [-0.15, -0.1) is 0 Å². The van der Waals surface area contributed by atoms with E-state index >= 15 is 0 Å². The molecule has 1 aliphatic rings. The molecule has 0 atom stereocenters. The van der Waals surface area contributed by atoms with E-state index in [-0.39, 0.29) is 0 Å². The first kappa shape index (κ1) is 15.9. The summed E-state index contributed by atoms with van der Waals surface area (Å²) in [7, 11) is -2.42. The van der Waals surface area contributed by atoms with Crippen LogP contribution in [0.3, 0.4) is 0 Å². The van der Waals surface area contributed by atoms with Crippen LogP contribution in [0.25, 0.3) is 0 Å². The summed E-state index contributed by atoms with van der Waals surface area (Å²) < 4.78 is 17.5. The molecule has 4 heteroatoms. The fourth-order valence-corrected chi connectivity index (χ4v) is 4.68. The summed E-state index contributed by atoms with van der Waals surface area (Å²) in [6.07, 6.45) is 6.09. The fraction of sp³-hybridized carbons (Fsp3) is 0.857. The van der Waals surface area contributed by atoms with Crippen LogP contribution in [-0.2, 0) is 13.3 Å². The van der Waals surface area contributed by atoms with Crippen LogP contribution in [0.15, 0.2) is 11.6 Å². The Labute approximate surface area is 113 Å². The highest BCUT2D eigenvalue weighted by Crippen LogP contribution is 2.36. The largest absolute Gasteiger partial charge is 0.501 e. The van der Waals surface area contributed by atoms with E-state index in [0.717, 1.165) is 18.4 Å². The van der Waals surface area contributed by atoms with Crippen LogP contribution in [0.4, 0.5) is 0 Å². The van der Waals surface area contributed by atoms with E-state index in [9.17, 15) is 0 Å². The highest BCUT2D eigenvalue weighted by molar-refractivity contribution is 6.60. The number of allylic oxidation sites excluding steroid dienone is 2. The lowest BCUT2D eigenvalue weighted by Gasteiger charge is -2.28. The Morgan fingerprint density at radius 1 is 1.06 bits per heavy atom. The average molecular weight is 272 g/mol. The minimum atomic E-state index is -2.42. The van der Waals surface area contributed by atoms with E-state index in [2.05, 4.69) is 13.0 Å². The molecule has 0 amide bonds. The van der Waals surface area contributed by atoms with Crippen molar-refractivity contribution in [1.82, 2.24) is 0 Å². The first-order chi connectivity index (χ1) is 8.67. The third-order valence-corrected chi connectivity index (χ3v) is 6.32. The Balaban J connectivity index is 2.49. The van der Waals surface area contributed by atoms with Crippen molar-refractivity contribution in [3.05, 3.63) is 11.6 Å². The van der Waals surface area contributed by atoms with Gasteiger partial charge in [0, 0.05) is 25.9 Å². The maximum Gasteiger partial charge on any atom is 0.501 e. The molecule has 0 saturated heterocycles. The summed E-state index contributed by atoms with van der Waals surface area (Å²) >= 11 is 0. The molecule has 0 heterocycles. The molecule has 106 valence electrons. The molecule has 1 aliphatic carbocycles. The monoisotopic (exact) mass is 272 g/mol. The molecule has 0 N–H and O–H groups in total. The Morgan fingerprint density at radius 3 is 1.94 bits per heavy atom. The number of rotatable bonds is 10. The molecule has 3 nitrogen and oxygen atoms in total. The van der Waals surface area contributed by atoms with Gasteiger partial charge in [-0.2, -0.15) is 0 Å². The SMILES string of the molecule is CCO[Si](CC/C=C(/C)C1CC1)(OCC)OCC. The van der Waals surface area contributed by atoms with Gasteiger partial charge >= 0.3 is 8.80 Å². The van der Waals surface area contributed by atoms with Crippen molar-refractivity contribution in [1.29, 1.82) is 0 Å². The van der Waals surface area contributed by atoms with Gasteiger partial charge in [0.05, 0.1) is 0 Å². The zero-order chi connectivity index (χ0) is 13.4. The Kier molecular flexibility index (Phi) is 7.15. The zero-order valence-electron chi connectivity index (χ0n) is 12.3. The molecule has 1 saturated carbocycles. The standard InChI is InChI=1S/C14H28O3Si/c1-5-15-18(16-6-2,17-7-3)12-8-9-13(4)14-10-11-14/h9,14H,5-8,10-12H2,1-4H3/b13-9-. The van der Waals surface area contributed by atoms with E-state index in [0.29, 0.717) is 19.8 Å². The van der Waals surface area contributed by atoms with Crippen LogP contribution in [0.5, 0.6) is 0 Å². The van der Waals surface area contributed by atoms with Crippen LogP contribution in [-0.4, -0.2) is 28.6 Å². The van der Waals surface area contributed by atoms with Crippen LogP contribution in [0, 0.1) is 5.92 Å². The summed E-state index contributed by atoms with van der Waals surface area (Å²) in [5.41, 5.74) is 1.53. The lowest BCUT2D eigenvalue weighted by atomic mass is 10.2. The molecule has 18 heavy (non-hydrogen) atoms.